The molecule has 2 fully saturated rings. The van der Waals surface area contributed by atoms with E-state index < -0.39 is 0 Å². The molecule has 2 saturated heterocycles. The Morgan fingerprint density at radius 2 is 1.91 bits per heavy atom. The van der Waals surface area contributed by atoms with Crippen LogP contribution in [0.3, 0.4) is 0 Å². The summed E-state index contributed by atoms with van der Waals surface area (Å²) >= 11 is 1.03. The van der Waals surface area contributed by atoms with E-state index >= 15 is 0 Å². The van der Waals surface area contributed by atoms with E-state index in [0.717, 1.165) is 36.0 Å². The second kappa shape index (κ2) is 6.79. The first-order valence-electron chi connectivity index (χ1n) is 8.21. The van der Waals surface area contributed by atoms with E-state index in [1.54, 1.807) is 0 Å². The Labute approximate surface area is 141 Å². The fraction of sp³-hybridized carbons (Fsp3) is 0.444. The van der Waals surface area contributed by atoms with Gasteiger partial charge in [0.1, 0.15) is 0 Å². The third-order valence-corrected chi connectivity index (χ3v) is 5.36. The number of rotatable bonds is 3. The molecule has 3 rings (SSSR count). The van der Waals surface area contributed by atoms with Gasteiger partial charge in [-0.1, -0.05) is 6.07 Å². The molecule has 2 aliphatic heterocycles. The van der Waals surface area contributed by atoms with E-state index in [1.807, 2.05) is 13.0 Å². The Balaban J connectivity index is 1.82. The van der Waals surface area contributed by atoms with Gasteiger partial charge >= 0.3 is 0 Å². The number of thioether (sulfide) groups is 1. The van der Waals surface area contributed by atoms with Crippen LogP contribution in [0.5, 0.6) is 0 Å². The van der Waals surface area contributed by atoms with Crippen molar-refractivity contribution in [2.45, 2.75) is 33.1 Å². The summed E-state index contributed by atoms with van der Waals surface area (Å²) in [5.41, 5.74) is 3.39. The average Bonchev–Trinajstić information content (AvgIpc) is 2.83. The highest BCUT2D eigenvalue weighted by molar-refractivity contribution is 8.18. The molecule has 4 nitrogen and oxygen atoms in total. The standard InChI is InChI=1S/C18H22N2O2S/c1-3-20-17(21)16(23-18(20)22)12-14-7-8-15(11-13(14)2)19-9-5-4-6-10-19/h7-8,11-12H,3-6,9-10H2,1-2H3. The Bertz CT molecular complexity index is 663. The lowest BCUT2D eigenvalue weighted by atomic mass is 10.0. The maximum atomic E-state index is 12.2. The van der Waals surface area contributed by atoms with Gasteiger partial charge in [-0.15, -0.1) is 0 Å². The predicted octanol–water partition coefficient (Wildman–Crippen LogP) is 4.04. The van der Waals surface area contributed by atoms with Gasteiger partial charge in [0.25, 0.3) is 11.1 Å². The zero-order valence-corrected chi connectivity index (χ0v) is 14.5. The molecule has 0 atom stereocenters. The molecule has 0 spiro atoms. The molecule has 2 heterocycles. The van der Waals surface area contributed by atoms with Crippen LogP contribution in [0.25, 0.3) is 6.08 Å². The first kappa shape index (κ1) is 16.1. The lowest BCUT2D eigenvalue weighted by molar-refractivity contribution is -0.122. The minimum absolute atomic E-state index is 0.175. The van der Waals surface area contributed by atoms with E-state index in [-0.39, 0.29) is 11.1 Å². The quantitative estimate of drug-likeness (QED) is 0.784. The van der Waals surface area contributed by atoms with Gasteiger partial charge in [0.15, 0.2) is 0 Å². The van der Waals surface area contributed by atoms with Crippen molar-refractivity contribution in [1.82, 2.24) is 4.90 Å². The van der Waals surface area contributed by atoms with Crippen molar-refractivity contribution >= 4 is 34.7 Å². The monoisotopic (exact) mass is 330 g/mol. The average molecular weight is 330 g/mol. The van der Waals surface area contributed by atoms with Gasteiger partial charge < -0.3 is 4.90 Å². The topological polar surface area (TPSA) is 40.6 Å². The molecule has 5 heteroatoms. The van der Waals surface area contributed by atoms with Gasteiger partial charge in [-0.05, 0) is 74.2 Å². The minimum Gasteiger partial charge on any atom is -0.372 e. The van der Waals surface area contributed by atoms with E-state index in [0.29, 0.717) is 11.4 Å². The third-order valence-electron chi connectivity index (χ3n) is 4.45. The number of likely N-dealkylation sites (N-methyl/N-ethyl adjacent to an activating group) is 1. The Hall–Kier alpha value is -1.75. The Morgan fingerprint density at radius 1 is 1.17 bits per heavy atom. The van der Waals surface area contributed by atoms with Crippen molar-refractivity contribution in [3.8, 4) is 0 Å². The molecule has 0 bridgehead atoms. The summed E-state index contributed by atoms with van der Waals surface area (Å²) in [6, 6.07) is 6.36. The highest BCUT2D eigenvalue weighted by atomic mass is 32.2. The van der Waals surface area contributed by atoms with Crippen LogP contribution in [-0.2, 0) is 4.79 Å². The number of imide groups is 1. The lowest BCUT2D eigenvalue weighted by Crippen LogP contribution is -2.29. The van der Waals surface area contributed by atoms with Gasteiger partial charge in [-0.3, -0.25) is 14.5 Å². The van der Waals surface area contributed by atoms with Crippen LogP contribution in [0.4, 0.5) is 10.5 Å². The van der Waals surface area contributed by atoms with Crippen LogP contribution >= 0.6 is 11.8 Å². The largest absolute Gasteiger partial charge is 0.372 e. The summed E-state index contributed by atoms with van der Waals surface area (Å²) in [6.07, 6.45) is 5.67. The van der Waals surface area contributed by atoms with Crippen LogP contribution in [-0.4, -0.2) is 35.7 Å². The number of anilines is 1. The first-order chi connectivity index (χ1) is 11.1. The van der Waals surface area contributed by atoms with Crippen molar-refractivity contribution < 1.29 is 9.59 Å². The highest BCUT2D eigenvalue weighted by Gasteiger charge is 2.33. The summed E-state index contributed by atoms with van der Waals surface area (Å²) in [6.45, 7) is 6.54. The van der Waals surface area contributed by atoms with Crippen molar-refractivity contribution in [2.24, 2.45) is 0 Å². The fourth-order valence-electron chi connectivity index (χ4n) is 3.08. The molecule has 1 aromatic carbocycles. The van der Waals surface area contributed by atoms with Crippen molar-refractivity contribution in [3.05, 3.63) is 34.2 Å². The zero-order chi connectivity index (χ0) is 16.4. The number of carbonyl (C=O) groups is 2. The smallest absolute Gasteiger partial charge is 0.293 e. The predicted molar refractivity (Wildman–Crippen MR) is 95.6 cm³/mol. The number of benzene rings is 1. The number of nitrogens with zero attached hydrogens (tertiary/aromatic N) is 2. The van der Waals surface area contributed by atoms with E-state index in [4.69, 9.17) is 0 Å². The maximum absolute atomic E-state index is 12.2. The molecule has 0 unspecified atom stereocenters. The number of carbonyl (C=O) groups excluding carboxylic acids is 2. The Kier molecular flexibility index (Phi) is 4.76. The second-order valence-corrected chi connectivity index (χ2v) is 7.01. The van der Waals surface area contributed by atoms with E-state index in [2.05, 4.69) is 30.0 Å². The number of aryl methyl sites for hydroxylation is 1. The maximum Gasteiger partial charge on any atom is 0.293 e. The molecule has 0 N–H and O–H groups in total. The summed E-state index contributed by atoms with van der Waals surface area (Å²) < 4.78 is 0. The number of amides is 2. The fourth-order valence-corrected chi connectivity index (χ4v) is 3.98. The lowest BCUT2D eigenvalue weighted by Gasteiger charge is -2.29. The molecule has 0 aromatic heterocycles. The molecule has 2 aliphatic rings. The van der Waals surface area contributed by atoms with Gasteiger partial charge in [0.05, 0.1) is 4.91 Å². The molecular weight excluding hydrogens is 308 g/mol. The summed E-state index contributed by atoms with van der Waals surface area (Å²) in [4.78, 5) is 28.2. The highest BCUT2D eigenvalue weighted by Crippen LogP contribution is 2.33. The molecule has 0 saturated carbocycles. The van der Waals surface area contributed by atoms with Gasteiger partial charge in [-0.25, -0.2) is 0 Å². The molecule has 122 valence electrons. The first-order valence-corrected chi connectivity index (χ1v) is 9.02. The van der Waals surface area contributed by atoms with Gasteiger partial charge in [0.2, 0.25) is 0 Å². The second-order valence-electron chi connectivity index (χ2n) is 6.01. The molecule has 23 heavy (non-hydrogen) atoms. The molecule has 0 aliphatic carbocycles. The molecular formula is C18H22N2O2S. The van der Waals surface area contributed by atoms with E-state index in [9.17, 15) is 9.59 Å². The van der Waals surface area contributed by atoms with Crippen molar-refractivity contribution in [3.63, 3.8) is 0 Å². The molecule has 2 amide bonds. The van der Waals surface area contributed by atoms with Gasteiger partial charge in [-0.2, -0.15) is 0 Å². The normalized spacial score (nSPS) is 20.7. The summed E-state index contributed by atoms with van der Waals surface area (Å²) in [7, 11) is 0. The number of hydrogen-bond donors (Lipinski definition) is 0. The SMILES string of the molecule is CCN1C(=O)SC(=Cc2ccc(N3CCCCC3)cc2C)C1=O. The summed E-state index contributed by atoms with van der Waals surface area (Å²) in [5.74, 6) is -0.179. The Morgan fingerprint density at radius 3 is 2.52 bits per heavy atom. The van der Waals surface area contributed by atoms with Crippen LogP contribution in [0.1, 0.15) is 37.3 Å². The number of piperidine rings is 1. The van der Waals surface area contributed by atoms with Crippen molar-refractivity contribution in [2.75, 3.05) is 24.5 Å². The molecule has 0 radical (unpaired) electrons. The zero-order valence-electron chi connectivity index (χ0n) is 13.7. The van der Waals surface area contributed by atoms with Crippen LogP contribution in [0.15, 0.2) is 23.1 Å². The minimum atomic E-state index is -0.179. The van der Waals surface area contributed by atoms with Gasteiger partial charge in [0, 0.05) is 25.3 Å². The van der Waals surface area contributed by atoms with Crippen LogP contribution < -0.4 is 4.90 Å². The summed E-state index contributed by atoms with van der Waals surface area (Å²) in [5, 5.41) is -0.175. The third kappa shape index (κ3) is 3.29. The van der Waals surface area contributed by atoms with Crippen LogP contribution in [0, 0.1) is 6.92 Å². The molecule has 1 aromatic rings. The number of hydrogen-bond acceptors (Lipinski definition) is 4. The van der Waals surface area contributed by atoms with Crippen molar-refractivity contribution in [1.29, 1.82) is 0 Å². The van der Waals surface area contributed by atoms with E-state index in [1.165, 1.54) is 29.8 Å². The van der Waals surface area contributed by atoms with Crippen LogP contribution in [0.2, 0.25) is 0 Å².